The lowest BCUT2D eigenvalue weighted by Crippen LogP contribution is -2.11. The molecule has 0 atom stereocenters. The Hall–Kier alpha value is -2.02. The molecule has 2 rings (SSSR count). The number of hydrogen-bond acceptors (Lipinski definition) is 6. The number of hydrogen-bond donors (Lipinski definition) is 2. The van der Waals surface area contributed by atoms with E-state index in [1.165, 1.54) is 0 Å². The zero-order valence-electron chi connectivity index (χ0n) is 9.17. The molecule has 17 heavy (non-hydrogen) atoms. The molecule has 6 nitrogen and oxygen atoms in total. The summed E-state index contributed by atoms with van der Waals surface area (Å²) in [5.74, 6) is 1.14. The molecule has 7 heteroatoms. The van der Waals surface area contributed by atoms with E-state index in [1.54, 1.807) is 19.2 Å². The van der Waals surface area contributed by atoms with Crippen LogP contribution in [0.25, 0.3) is 0 Å². The van der Waals surface area contributed by atoms with E-state index in [0.29, 0.717) is 24.0 Å². The van der Waals surface area contributed by atoms with Crippen LogP contribution in [0.4, 0.5) is 5.69 Å². The van der Waals surface area contributed by atoms with Crippen molar-refractivity contribution < 1.29 is 4.52 Å². The monoisotopic (exact) mass is 249 g/mol. The predicted molar refractivity (Wildman–Crippen MR) is 66.5 cm³/mol. The van der Waals surface area contributed by atoms with Gasteiger partial charge in [0.2, 0.25) is 5.89 Å². The van der Waals surface area contributed by atoms with Gasteiger partial charge in [-0.2, -0.15) is 4.98 Å². The van der Waals surface area contributed by atoms with Crippen LogP contribution in [-0.2, 0) is 6.54 Å². The van der Waals surface area contributed by atoms with Crippen molar-refractivity contribution in [1.82, 2.24) is 15.1 Å². The molecule has 0 aliphatic heterocycles. The van der Waals surface area contributed by atoms with Crippen LogP contribution in [0.1, 0.15) is 17.4 Å². The maximum atomic E-state index is 5.45. The van der Waals surface area contributed by atoms with Crippen LogP contribution >= 0.6 is 12.2 Å². The van der Waals surface area contributed by atoms with Gasteiger partial charge in [0.25, 0.3) is 0 Å². The Bertz CT molecular complexity index is 522. The number of rotatable bonds is 4. The molecule has 2 aromatic rings. The van der Waals surface area contributed by atoms with Crippen LogP contribution in [0, 0.1) is 6.92 Å². The summed E-state index contributed by atoms with van der Waals surface area (Å²) in [4.78, 5) is 8.46. The van der Waals surface area contributed by atoms with E-state index in [9.17, 15) is 0 Å². The van der Waals surface area contributed by atoms with Crippen molar-refractivity contribution in [3.05, 3.63) is 35.7 Å². The number of anilines is 1. The molecule has 0 amide bonds. The van der Waals surface area contributed by atoms with Crippen molar-refractivity contribution in [2.45, 2.75) is 13.5 Å². The Labute approximate surface area is 103 Å². The van der Waals surface area contributed by atoms with Gasteiger partial charge in [-0.1, -0.05) is 17.4 Å². The van der Waals surface area contributed by atoms with E-state index in [1.807, 2.05) is 6.07 Å². The largest absolute Gasteiger partial charge is 0.388 e. The van der Waals surface area contributed by atoms with Crippen molar-refractivity contribution in [2.24, 2.45) is 5.73 Å². The van der Waals surface area contributed by atoms with Gasteiger partial charge in [-0.3, -0.25) is 4.98 Å². The van der Waals surface area contributed by atoms with Crippen molar-refractivity contribution >= 4 is 22.9 Å². The van der Waals surface area contributed by atoms with Crippen LogP contribution in [0.2, 0.25) is 0 Å². The second-order valence-electron chi connectivity index (χ2n) is 3.38. The average Bonchev–Trinajstić information content (AvgIpc) is 2.73. The van der Waals surface area contributed by atoms with Gasteiger partial charge in [0.1, 0.15) is 4.99 Å². The molecule has 88 valence electrons. The van der Waals surface area contributed by atoms with E-state index in [-0.39, 0.29) is 4.99 Å². The summed E-state index contributed by atoms with van der Waals surface area (Å²) in [6.45, 7) is 2.22. The summed E-state index contributed by atoms with van der Waals surface area (Å²) < 4.78 is 4.85. The molecule has 2 heterocycles. The van der Waals surface area contributed by atoms with Crippen LogP contribution in [0.3, 0.4) is 0 Å². The molecule has 0 saturated carbocycles. The lowest BCUT2D eigenvalue weighted by molar-refractivity contribution is 0.388. The summed E-state index contributed by atoms with van der Waals surface area (Å²) in [6, 6.07) is 3.60. The van der Waals surface area contributed by atoms with Crippen molar-refractivity contribution in [1.29, 1.82) is 0 Å². The first-order valence-electron chi connectivity index (χ1n) is 4.94. The van der Waals surface area contributed by atoms with Crippen molar-refractivity contribution in [3.8, 4) is 0 Å². The van der Waals surface area contributed by atoms with Gasteiger partial charge in [0.05, 0.1) is 24.1 Å². The maximum Gasteiger partial charge on any atom is 0.223 e. The smallest absolute Gasteiger partial charge is 0.223 e. The Kier molecular flexibility index (Phi) is 3.29. The first-order chi connectivity index (χ1) is 8.15. The summed E-state index contributed by atoms with van der Waals surface area (Å²) in [7, 11) is 0. The number of nitrogens with zero attached hydrogens (tertiary/aromatic N) is 3. The third kappa shape index (κ3) is 2.97. The zero-order valence-corrected chi connectivity index (χ0v) is 9.99. The minimum absolute atomic E-state index is 0.283. The number of pyridine rings is 1. The van der Waals surface area contributed by atoms with Crippen LogP contribution in [-0.4, -0.2) is 20.1 Å². The van der Waals surface area contributed by atoms with Crippen LogP contribution < -0.4 is 11.1 Å². The first-order valence-corrected chi connectivity index (χ1v) is 5.35. The number of nitrogens with two attached hydrogens (primary N) is 1. The molecule has 0 unspecified atom stereocenters. The minimum Gasteiger partial charge on any atom is -0.388 e. The Morgan fingerprint density at radius 2 is 2.35 bits per heavy atom. The lowest BCUT2D eigenvalue weighted by Gasteiger charge is -2.03. The Morgan fingerprint density at radius 1 is 1.53 bits per heavy atom. The molecule has 0 spiro atoms. The number of nitrogens with one attached hydrogen (secondary N) is 1. The van der Waals surface area contributed by atoms with E-state index in [0.717, 1.165) is 5.69 Å². The van der Waals surface area contributed by atoms with Crippen molar-refractivity contribution in [2.75, 3.05) is 5.32 Å². The van der Waals surface area contributed by atoms with E-state index < -0.39 is 0 Å². The van der Waals surface area contributed by atoms with Crippen LogP contribution in [0.5, 0.6) is 0 Å². The summed E-state index contributed by atoms with van der Waals surface area (Å²) in [5.41, 5.74) is 6.89. The Morgan fingerprint density at radius 3 is 2.88 bits per heavy atom. The topological polar surface area (TPSA) is 89.9 Å². The molecule has 0 bridgehead atoms. The molecule has 0 radical (unpaired) electrons. The molecule has 0 aromatic carbocycles. The number of aromatic nitrogens is 3. The van der Waals surface area contributed by atoms with Gasteiger partial charge in [-0.15, -0.1) is 0 Å². The highest BCUT2D eigenvalue weighted by molar-refractivity contribution is 7.80. The molecule has 0 aliphatic rings. The molecular formula is C10H11N5OS. The molecule has 0 saturated heterocycles. The van der Waals surface area contributed by atoms with Gasteiger partial charge in [-0.05, 0) is 12.1 Å². The third-order valence-corrected chi connectivity index (χ3v) is 2.25. The van der Waals surface area contributed by atoms with E-state index in [2.05, 4.69) is 20.4 Å². The van der Waals surface area contributed by atoms with Crippen LogP contribution in [0.15, 0.2) is 22.9 Å². The highest BCUT2D eigenvalue weighted by Crippen LogP contribution is 2.07. The second-order valence-corrected chi connectivity index (χ2v) is 3.82. The van der Waals surface area contributed by atoms with Gasteiger partial charge in [0, 0.05) is 6.92 Å². The fourth-order valence-corrected chi connectivity index (χ4v) is 1.36. The summed E-state index contributed by atoms with van der Waals surface area (Å²) in [6.07, 6.45) is 1.65. The normalized spacial score (nSPS) is 10.2. The van der Waals surface area contributed by atoms with Crippen molar-refractivity contribution in [3.63, 3.8) is 0 Å². The molecule has 3 N–H and O–H groups in total. The van der Waals surface area contributed by atoms with Gasteiger partial charge >= 0.3 is 0 Å². The fourth-order valence-electron chi connectivity index (χ4n) is 1.24. The molecule has 0 aliphatic carbocycles. The fraction of sp³-hybridized carbons (Fsp3) is 0.200. The third-order valence-electron chi connectivity index (χ3n) is 2.04. The second kappa shape index (κ2) is 4.88. The standard InChI is InChI=1S/C10H11N5OS/c1-6-14-9(15-16-6)5-12-7-2-3-8(10(11)17)13-4-7/h2-4,12H,5H2,1H3,(H2,11,17). The molecule has 2 aromatic heterocycles. The summed E-state index contributed by atoms with van der Waals surface area (Å²) in [5, 5.41) is 6.88. The van der Waals surface area contributed by atoms with Gasteiger partial charge < -0.3 is 15.6 Å². The maximum absolute atomic E-state index is 5.45. The predicted octanol–water partition coefficient (Wildman–Crippen LogP) is 1.02. The lowest BCUT2D eigenvalue weighted by atomic mass is 10.3. The van der Waals surface area contributed by atoms with Gasteiger partial charge in [0.15, 0.2) is 5.82 Å². The summed E-state index contributed by atoms with van der Waals surface area (Å²) >= 11 is 4.81. The number of aryl methyl sites for hydroxylation is 1. The molecule has 0 fully saturated rings. The first kappa shape index (κ1) is 11.5. The zero-order chi connectivity index (χ0) is 12.3. The minimum atomic E-state index is 0.283. The Balaban J connectivity index is 1.97. The quantitative estimate of drug-likeness (QED) is 0.782. The SMILES string of the molecule is Cc1nc(CNc2ccc(C(N)=S)nc2)no1. The highest BCUT2D eigenvalue weighted by atomic mass is 32.1. The average molecular weight is 249 g/mol. The number of thiocarbonyl (C=S) groups is 1. The van der Waals surface area contributed by atoms with E-state index in [4.69, 9.17) is 22.5 Å². The highest BCUT2D eigenvalue weighted by Gasteiger charge is 2.02. The van der Waals surface area contributed by atoms with Gasteiger partial charge in [-0.25, -0.2) is 0 Å². The molecular weight excluding hydrogens is 238 g/mol. The van der Waals surface area contributed by atoms with E-state index >= 15 is 0 Å².